The number of methoxy groups -OCH3 is 1. The number of nitrogens with one attached hydrogen (secondary N) is 2. The SMILES string of the molecule is COCCCNC(=O)/C(C#N)=C\Nc1ccc(Cl)cc1C. The Labute approximate surface area is 129 Å². The maximum Gasteiger partial charge on any atom is 0.263 e. The highest BCUT2D eigenvalue weighted by Gasteiger charge is 2.08. The van der Waals surface area contributed by atoms with Crippen molar-refractivity contribution in [2.45, 2.75) is 13.3 Å². The van der Waals surface area contributed by atoms with Crippen molar-refractivity contribution in [2.24, 2.45) is 0 Å². The Morgan fingerprint density at radius 3 is 2.90 bits per heavy atom. The molecule has 0 saturated heterocycles. The number of benzene rings is 1. The fourth-order valence-corrected chi connectivity index (χ4v) is 1.83. The number of nitriles is 1. The first-order valence-corrected chi connectivity index (χ1v) is 6.86. The molecule has 0 aliphatic rings. The van der Waals surface area contributed by atoms with E-state index >= 15 is 0 Å². The molecule has 1 aromatic carbocycles. The van der Waals surface area contributed by atoms with Gasteiger partial charge in [0, 0.05) is 37.2 Å². The van der Waals surface area contributed by atoms with Crippen LogP contribution in [0.15, 0.2) is 30.0 Å². The number of nitrogens with zero attached hydrogens (tertiary/aromatic N) is 1. The summed E-state index contributed by atoms with van der Waals surface area (Å²) < 4.78 is 4.88. The van der Waals surface area contributed by atoms with Gasteiger partial charge in [-0.3, -0.25) is 4.79 Å². The molecule has 112 valence electrons. The van der Waals surface area contributed by atoms with Gasteiger partial charge in [-0.2, -0.15) is 5.26 Å². The van der Waals surface area contributed by atoms with Gasteiger partial charge < -0.3 is 15.4 Å². The van der Waals surface area contributed by atoms with Crippen LogP contribution in [-0.2, 0) is 9.53 Å². The van der Waals surface area contributed by atoms with Crippen molar-refractivity contribution in [1.29, 1.82) is 5.26 Å². The molecule has 6 heteroatoms. The summed E-state index contributed by atoms with van der Waals surface area (Å²) in [6, 6.07) is 7.20. The standard InChI is InChI=1S/C15H18ClN3O2/c1-11-8-13(16)4-5-14(11)19-10-12(9-17)15(20)18-6-3-7-21-2/h4-5,8,10,19H,3,6-7H2,1-2H3,(H,18,20)/b12-10-. The third-order valence-electron chi connectivity index (χ3n) is 2.74. The highest BCUT2D eigenvalue weighted by atomic mass is 35.5. The van der Waals surface area contributed by atoms with E-state index in [0.29, 0.717) is 24.6 Å². The molecule has 0 aromatic heterocycles. The van der Waals surface area contributed by atoms with Crippen molar-refractivity contribution in [3.63, 3.8) is 0 Å². The van der Waals surface area contributed by atoms with Crippen LogP contribution in [0, 0.1) is 18.3 Å². The Kier molecular flexibility index (Phi) is 7.30. The van der Waals surface area contributed by atoms with E-state index in [2.05, 4.69) is 10.6 Å². The van der Waals surface area contributed by atoms with Crippen LogP contribution in [-0.4, -0.2) is 26.2 Å². The van der Waals surface area contributed by atoms with Crippen molar-refractivity contribution in [2.75, 3.05) is 25.6 Å². The Morgan fingerprint density at radius 1 is 1.52 bits per heavy atom. The van der Waals surface area contributed by atoms with Gasteiger partial charge in [0.2, 0.25) is 0 Å². The first-order chi connectivity index (χ1) is 10.1. The smallest absolute Gasteiger partial charge is 0.263 e. The number of hydrogen-bond acceptors (Lipinski definition) is 4. The Bertz CT molecular complexity index is 565. The van der Waals surface area contributed by atoms with Crippen molar-refractivity contribution < 1.29 is 9.53 Å². The molecular weight excluding hydrogens is 290 g/mol. The zero-order chi connectivity index (χ0) is 15.7. The van der Waals surface area contributed by atoms with Gasteiger partial charge in [-0.1, -0.05) is 11.6 Å². The van der Waals surface area contributed by atoms with Gasteiger partial charge in [-0.15, -0.1) is 0 Å². The topological polar surface area (TPSA) is 74.1 Å². The molecule has 0 radical (unpaired) electrons. The molecule has 0 fully saturated rings. The minimum atomic E-state index is -0.410. The van der Waals surface area contributed by atoms with E-state index in [-0.39, 0.29) is 5.57 Å². The lowest BCUT2D eigenvalue weighted by atomic mass is 10.2. The lowest BCUT2D eigenvalue weighted by Crippen LogP contribution is -2.26. The molecule has 0 spiro atoms. The number of halogens is 1. The maximum atomic E-state index is 11.8. The lowest BCUT2D eigenvalue weighted by Gasteiger charge is -2.07. The third kappa shape index (κ3) is 5.86. The molecule has 0 aliphatic carbocycles. The molecule has 1 rings (SSSR count). The Hall–Kier alpha value is -2.03. The molecule has 21 heavy (non-hydrogen) atoms. The summed E-state index contributed by atoms with van der Waals surface area (Å²) in [4.78, 5) is 11.8. The van der Waals surface area contributed by atoms with Gasteiger partial charge in [0.1, 0.15) is 11.6 Å². The van der Waals surface area contributed by atoms with Gasteiger partial charge in [0.05, 0.1) is 0 Å². The van der Waals surface area contributed by atoms with Crippen molar-refractivity contribution in [3.05, 3.63) is 40.6 Å². The van der Waals surface area contributed by atoms with E-state index in [1.807, 2.05) is 13.0 Å². The van der Waals surface area contributed by atoms with E-state index in [1.54, 1.807) is 25.3 Å². The molecule has 1 amide bonds. The van der Waals surface area contributed by atoms with Crippen LogP contribution in [0.5, 0.6) is 0 Å². The van der Waals surface area contributed by atoms with Crippen LogP contribution in [0.4, 0.5) is 5.69 Å². The zero-order valence-corrected chi connectivity index (χ0v) is 12.8. The molecule has 0 bridgehead atoms. The van der Waals surface area contributed by atoms with Gasteiger partial charge in [-0.05, 0) is 37.1 Å². The van der Waals surface area contributed by atoms with E-state index in [4.69, 9.17) is 21.6 Å². The summed E-state index contributed by atoms with van der Waals surface area (Å²) in [6.45, 7) is 2.92. The number of rotatable bonds is 7. The minimum absolute atomic E-state index is 0.0155. The Morgan fingerprint density at radius 2 is 2.29 bits per heavy atom. The van der Waals surface area contributed by atoms with Crippen LogP contribution in [0.1, 0.15) is 12.0 Å². The summed E-state index contributed by atoms with van der Waals surface area (Å²) in [5, 5.41) is 15.3. The molecule has 1 aromatic rings. The first-order valence-electron chi connectivity index (χ1n) is 6.48. The van der Waals surface area contributed by atoms with Gasteiger partial charge in [-0.25, -0.2) is 0 Å². The van der Waals surface area contributed by atoms with E-state index < -0.39 is 5.91 Å². The fourth-order valence-electron chi connectivity index (χ4n) is 1.60. The molecule has 0 unspecified atom stereocenters. The summed E-state index contributed by atoms with van der Waals surface area (Å²) in [5.74, 6) is -0.410. The minimum Gasteiger partial charge on any atom is -0.385 e. The molecule has 0 heterocycles. The second kappa shape index (κ2) is 9.01. The summed E-state index contributed by atoms with van der Waals surface area (Å²) >= 11 is 5.87. The number of carbonyl (C=O) groups is 1. The predicted octanol–water partition coefficient (Wildman–Crippen LogP) is 2.62. The van der Waals surface area contributed by atoms with E-state index in [9.17, 15) is 4.79 Å². The van der Waals surface area contributed by atoms with Gasteiger partial charge >= 0.3 is 0 Å². The van der Waals surface area contributed by atoms with E-state index in [1.165, 1.54) is 6.20 Å². The van der Waals surface area contributed by atoms with Crippen LogP contribution in [0.2, 0.25) is 5.02 Å². The van der Waals surface area contributed by atoms with Gasteiger partial charge in [0.15, 0.2) is 0 Å². The molecule has 0 saturated carbocycles. The number of aryl methyl sites for hydroxylation is 1. The average Bonchev–Trinajstić information content (AvgIpc) is 2.46. The summed E-state index contributed by atoms with van der Waals surface area (Å²) in [7, 11) is 1.60. The number of ether oxygens (including phenoxy) is 1. The second-order valence-electron chi connectivity index (χ2n) is 4.38. The van der Waals surface area contributed by atoms with Crippen LogP contribution < -0.4 is 10.6 Å². The molecule has 0 aliphatic heterocycles. The van der Waals surface area contributed by atoms with Crippen LogP contribution >= 0.6 is 11.6 Å². The van der Waals surface area contributed by atoms with Gasteiger partial charge in [0.25, 0.3) is 5.91 Å². The average molecular weight is 308 g/mol. The van der Waals surface area contributed by atoms with Crippen molar-refractivity contribution in [1.82, 2.24) is 5.32 Å². The zero-order valence-electron chi connectivity index (χ0n) is 12.1. The quantitative estimate of drug-likeness (QED) is 0.461. The predicted molar refractivity (Wildman–Crippen MR) is 83.0 cm³/mol. The van der Waals surface area contributed by atoms with Crippen LogP contribution in [0.3, 0.4) is 0 Å². The largest absolute Gasteiger partial charge is 0.385 e. The lowest BCUT2D eigenvalue weighted by molar-refractivity contribution is -0.117. The second-order valence-corrected chi connectivity index (χ2v) is 4.81. The molecular formula is C15H18ClN3O2. The van der Waals surface area contributed by atoms with Crippen molar-refractivity contribution >= 4 is 23.2 Å². The number of carbonyl (C=O) groups excluding carboxylic acids is 1. The van der Waals surface area contributed by atoms with Crippen molar-refractivity contribution in [3.8, 4) is 6.07 Å². The Balaban J connectivity index is 2.63. The monoisotopic (exact) mass is 307 g/mol. The number of anilines is 1. The third-order valence-corrected chi connectivity index (χ3v) is 2.97. The van der Waals surface area contributed by atoms with Crippen LogP contribution in [0.25, 0.3) is 0 Å². The first kappa shape index (κ1) is 17.0. The highest BCUT2D eigenvalue weighted by Crippen LogP contribution is 2.19. The number of amides is 1. The summed E-state index contributed by atoms with van der Waals surface area (Å²) in [6.07, 6.45) is 2.09. The molecule has 2 N–H and O–H groups in total. The fraction of sp³-hybridized carbons (Fsp3) is 0.333. The highest BCUT2D eigenvalue weighted by molar-refractivity contribution is 6.30. The normalized spacial score (nSPS) is 10.9. The molecule has 5 nitrogen and oxygen atoms in total. The maximum absolute atomic E-state index is 11.8. The molecule has 0 atom stereocenters. The van der Waals surface area contributed by atoms with E-state index in [0.717, 1.165) is 11.3 Å². The number of hydrogen-bond donors (Lipinski definition) is 2. The summed E-state index contributed by atoms with van der Waals surface area (Å²) in [5.41, 5.74) is 1.73.